The maximum absolute atomic E-state index is 5.34. The number of hydrogen-bond donors (Lipinski definition) is 2. The van der Waals surface area contributed by atoms with E-state index in [4.69, 9.17) is 9.97 Å². The molecular formula is C38H26N4. The fourth-order valence-corrected chi connectivity index (χ4v) is 6.78. The van der Waals surface area contributed by atoms with Crippen LogP contribution in [0.4, 0.5) is 0 Å². The summed E-state index contributed by atoms with van der Waals surface area (Å²) in [6.07, 6.45) is 0.844. The first-order chi connectivity index (χ1) is 20.8. The monoisotopic (exact) mass is 538 g/mol. The summed E-state index contributed by atoms with van der Waals surface area (Å²) in [4.78, 5) is 18.1. The maximum atomic E-state index is 5.34. The molecule has 4 aromatic carbocycles. The van der Waals surface area contributed by atoms with E-state index in [0.717, 1.165) is 68.0 Å². The first-order valence-corrected chi connectivity index (χ1v) is 14.5. The minimum Gasteiger partial charge on any atom is -0.354 e. The van der Waals surface area contributed by atoms with E-state index in [1.54, 1.807) is 0 Å². The average Bonchev–Trinajstić information content (AvgIpc) is 3.77. The quantitative estimate of drug-likeness (QED) is 0.218. The Morgan fingerprint density at radius 3 is 1.48 bits per heavy atom. The van der Waals surface area contributed by atoms with Crippen LogP contribution < -0.4 is 0 Å². The van der Waals surface area contributed by atoms with Crippen molar-refractivity contribution in [1.29, 1.82) is 0 Å². The van der Waals surface area contributed by atoms with Crippen LogP contribution in [0.15, 0.2) is 115 Å². The van der Waals surface area contributed by atoms with Gasteiger partial charge in [0, 0.05) is 65.9 Å². The second-order valence-corrected chi connectivity index (χ2v) is 11.0. The molecule has 0 unspecified atom stereocenters. The largest absolute Gasteiger partial charge is 0.354 e. The lowest BCUT2D eigenvalue weighted by Crippen LogP contribution is -1.87. The van der Waals surface area contributed by atoms with Crippen LogP contribution in [0.3, 0.4) is 0 Å². The Kier molecular flexibility index (Phi) is 4.85. The van der Waals surface area contributed by atoms with Crippen molar-refractivity contribution in [3.05, 3.63) is 121 Å². The van der Waals surface area contributed by atoms with E-state index < -0.39 is 0 Å². The van der Waals surface area contributed by atoms with Crippen LogP contribution in [0.2, 0.25) is 0 Å². The molecule has 42 heavy (non-hydrogen) atoms. The Bertz CT molecular complexity index is 2410. The number of H-pyrrole nitrogens is 2. The summed E-state index contributed by atoms with van der Waals surface area (Å²) in [6, 6.07) is 40.9. The lowest BCUT2D eigenvalue weighted by Gasteiger charge is -2.04. The number of nitrogens with zero attached hydrogens (tertiary/aromatic N) is 2. The third kappa shape index (κ3) is 3.29. The van der Waals surface area contributed by atoms with E-state index in [2.05, 4.69) is 132 Å². The Hall–Kier alpha value is -5.48. The molecule has 0 amide bonds. The van der Waals surface area contributed by atoms with Crippen molar-refractivity contribution >= 4 is 43.6 Å². The molecule has 0 fully saturated rings. The van der Waals surface area contributed by atoms with Crippen LogP contribution in [0.25, 0.3) is 88.6 Å². The SMILES string of the molecule is CCc1c2nc(cc3[nH]c(cc4nc(cc5[nH]c1c1ccccc51)-c1ccccc1-4)c1ccccc31)-c1ccccc1-2. The van der Waals surface area contributed by atoms with Gasteiger partial charge in [0.05, 0.1) is 28.3 Å². The van der Waals surface area contributed by atoms with Crippen LogP contribution in [0, 0.1) is 0 Å². The van der Waals surface area contributed by atoms with Crippen molar-refractivity contribution in [2.75, 3.05) is 0 Å². The molecule has 3 aromatic heterocycles. The summed E-state index contributed by atoms with van der Waals surface area (Å²) >= 11 is 0. The number of nitrogens with one attached hydrogen (secondary N) is 2. The zero-order valence-electron chi connectivity index (χ0n) is 23.1. The van der Waals surface area contributed by atoms with E-state index >= 15 is 0 Å². The summed E-state index contributed by atoms with van der Waals surface area (Å²) in [5.41, 5.74) is 14.0. The topological polar surface area (TPSA) is 57.4 Å². The van der Waals surface area contributed by atoms with Gasteiger partial charge >= 0.3 is 0 Å². The fourth-order valence-electron chi connectivity index (χ4n) is 6.78. The molecule has 198 valence electrons. The minimum absolute atomic E-state index is 0.844. The molecule has 4 heteroatoms. The highest BCUT2D eigenvalue weighted by Crippen LogP contribution is 2.41. The molecule has 4 nitrogen and oxygen atoms in total. The summed E-state index contributed by atoms with van der Waals surface area (Å²) < 4.78 is 0. The van der Waals surface area contributed by atoms with Gasteiger partial charge in [0.25, 0.3) is 0 Å². The second kappa shape index (κ2) is 8.76. The van der Waals surface area contributed by atoms with E-state index in [1.807, 2.05) is 0 Å². The molecule has 0 spiro atoms. The van der Waals surface area contributed by atoms with Crippen LogP contribution in [-0.4, -0.2) is 19.9 Å². The van der Waals surface area contributed by atoms with Crippen molar-refractivity contribution < 1.29 is 0 Å². The van der Waals surface area contributed by atoms with Crippen LogP contribution >= 0.6 is 0 Å². The molecule has 2 aliphatic rings. The van der Waals surface area contributed by atoms with Gasteiger partial charge in [-0.3, -0.25) is 0 Å². The van der Waals surface area contributed by atoms with Crippen molar-refractivity contribution in [3.8, 4) is 45.0 Å². The first kappa shape index (κ1) is 23.2. The molecule has 8 bridgehead atoms. The Morgan fingerprint density at radius 2 is 0.905 bits per heavy atom. The normalized spacial score (nSPS) is 12.0. The van der Waals surface area contributed by atoms with E-state index in [0.29, 0.717) is 0 Å². The lowest BCUT2D eigenvalue weighted by molar-refractivity contribution is 1.14. The number of fused-ring (bicyclic) bond motifs is 20. The van der Waals surface area contributed by atoms with Crippen LogP contribution in [0.1, 0.15) is 12.5 Å². The van der Waals surface area contributed by atoms with Crippen molar-refractivity contribution in [2.45, 2.75) is 13.3 Å². The van der Waals surface area contributed by atoms with Gasteiger partial charge in [0.2, 0.25) is 0 Å². The first-order valence-electron chi connectivity index (χ1n) is 14.5. The van der Waals surface area contributed by atoms with Crippen LogP contribution in [-0.2, 0) is 6.42 Å². The Balaban J connectivity index is 1.54. The Morgan fingerprint density at radius 1 is 0.476 bits per heavy atom. The molecule has 2 N–H and O–H groups in total. The number of hydrogen-bond acceptors (Lipinski definition) is 2. The number of aromatic nitrogens is 4. The number of aryl methyl sites for hydroxylation is 1. The van der Waals surface area contributed by atoms with Crippen molar-refractivity contribution in [3.63, 3.8) is 0 Å². The van der Waals surface area contributed by atoms with E-state index in [-0.39, 0.29) is 0 Å². The van der Waals surface area contributed by atoms with Crippen LogP contribution in [0.5, 0.6) is 0 Å². The lowest BCUT2D eigenvalue weighted by atomic mass is 9.99. The van der Waals surface area contributed by atoms with Gasteiger partial charge in [0.15, 0.2) is 0 Å². The number of aromatic amines is 2. The second-order valence-electron chi connectivity index (χ2n) is 11.0. The number of rotatable bonds is 1. The molecule has 0 atom stereocenters. The predicted molar refractivity (Wildman–Crippen MR) is 174 cm³/mol. The third-order valence-electron chi connectivity index (χ3n) is 8.72. The van der Waals surface area contributed by atoms with Crippen molar-refractivity contribution in [1.82, 2.24) is 19.9 Å². The van der Waals surface area contributed by atoms with Gasteiger partial charge in [-0.05, 0) is 24.6 Å². The van der Waals surface area contributed by atoms with E-state index in [1.165, 1.54) is 32.7 Å². The Labute approximate surface area is 242 Å². The summed E-state index contributed by atoms with van der Waals surface area (Å²) in [6.45, 7) is 2.22. The summed E-state index contributed by atoms with van der Waals surface area (Å²) in [5.74, 6) is 0. The number of benzene rings is 4. The van der Waals surface area contributed by atoms with E-state index in [9.17, 15) is 0 Å². The van der Waals surface area contributed by atoms with Gasteiger partial charge in [-0.1, -0.05) is 104 Å². The molecule has 0 radical (unpaired) electrons. The molecule has 9 rings (SSSR count). The average molecular weight is 539 g/mol. The molecule has 2 aliphatic heterocycles. The molecule has 0 saturated carbocycles. The smallest absolute Gasteiger partial charge is 0.0769 e. The predicted octanol–water partition coefficient (Wildman–Crippen LogP) is 9.85. The van der Waals surface area contributed by atoms with Gasteiger partial charge in [-0.2, -0.15) is 0 Å². The summed E-state index contributed by atoms with van der Waals surface area (Å²) in [7, 11) is 0. The third-order valence-corrected chi connectivity index (χ3v) is 8.72. The van der Waals surface area contributed by atoms with Gasteiger partial charge in [-0.15, -0.1) is 0 Å². The highest BCUT2D eigenvalue weighted by Gasteiger charge is 2.21. The zero-order chi connectivity index (χ0) is 27.8. The zero-order valence-corrected chi connectivity index (χ0v) is 23.1. The van der Waals surface area contributed by atoms with Gasteiger partial charge in [0.1, 0.15) is 0 Å². The van der Waals surface area contributed by atoms with Crippen molar-refractivity contribution in [2.24, 2.45) is 0 Å². The molecule has 0 saturated heterocycles. The van der Waals surface area contributed by atoms with Gasteiger partial charge in [-0.25, -0.2) is 9.97 Å². The highest BCUT2D eigenvalue weighted by atomic mass is 14.8. The molecular weight excluding hydrogens is 512 g/mol. The highest BCUT2D eigenvalue weighted by molar-refractivity contribution is 6.11. The summed E-state index contributed by atoms with van der Waals surface area (Å²) in [5, 5.41) is 4.72. The fraction of sp³-hybridized carbons (Fsp3) is 0.0526. The molecule has 5 heterocycles. The van der Waals surface area contributed by atoms with Gasteiger partial charge < -0.3 is 9.97 Å². The minimum atomic E-state index is 0.844. The standard InChI is InChI=1S/C38H26N4/c1-2-22-37-29-17-9-7-15-27(29)35(41-37)20-33-25-13-5-3-11-23(25)31(39-33)19-32-24-12-4-6-14-26(24)34(40-32)21-36-28-16-8-10-18-30(28)38(22)42-36/h3-21,39,42H,2H2,1H3. The maximum Gasteiger partial charge on any atom is 0.0769 e. The molecule has 7 aromatic rings. The molecule has 0 aliphatic carbocycles.